The molecule has 1 aliphatic rings. The van der Waals surface area contributed by atoms with Gasteiger partial charge in [-0.15, -0.1) is 0 Å². The van der Waals surface area contributed by atoms with Crippen LogP contribution in [0.1, 0.15) is 6.92 Å². The maximum Gasteiger partial charge on any atom is 0.215 e. The lowest BCUT2D eigenvalue weighted by Crippen LogP contribution is -2.37. The second-order valence-electron chi connectivity index (χ2n) is 4.22. The number of benzene rings is 1. The Morgan fingerprint density at radius 1 is 1.25 bits per heavy atom. The fraction of sp³-hybridized carbons (Fsp3) is 0.143. The summed E-state index contributed by atoms with van der Waals surface area (Å²) in [6.45, 7) is 2.82. The zero-order chi connectivity index (χ0) is 13.9. The molecule has 2 heterocycles. The van der Waals surface area contributed by atoms with Crippen LogP contribution in [0.15, 0.2) is 52.0 Å². The second-order valence-corrected chi connectivity index (χ2v) is 5.03. The number of nitrogens with one attached hydrogen (secondary N) is 1. The first-order chi connectivity index (χ1) is 9.78. The van der Waals surface area contributed by atoms with E-state index in [0.717, 1.165) is 28.8 Å². The van der Waals surface area contributed by atoms with Crippen molar-refractivity contribution in [3.63, 3.8) is 0 Å². The van der Waals surface area contributed by atoms with E-state index in [-0.39, 0.29) is 5.82 Å². The molecule has 0 unspecified atom stereocenters. The molecule has 1 aliphatic heterocycles. The average molecular weight is 288 g/mol. The standard InChI is InChI=1S/C14H13FN4S/c1-2-19(11-5-7-16-8-6-11)14-17-12-4-3-10(15)9-13(12)20-18-14/h3-9H,2H2,1H3,(H,17,18). The summed E-state index contributed by atoms with van der Waals surface area (Å²) < 4.78 is 17.6. The molecule has 20 heavy (non-hydrogen) atoms. The molecule has 0 fully saturated rings. The van der Waals surface area contributed by atoms with Gasteiger partial charge in [-0.25, -0.2) is 4.39 Å². The molecule has 0 saturated carbocycles. The van der Waals surface area contributed by atoms with Gasteiger partial charge < -0.3 is 10.2 Å². The van der Waals surface area contributed by atoms with Crippen LogP contribution in [0, 0.1) is 5.82 Å². The third kappa shape index (κ3) is 2.46. The van der Waals surface area contributed by atoms with E-state index in [4.69, 9.17) is 0 Å². The number of pyridine rings is 1. The molecule has 0 atom stereocenters. The Morgan fingerprint density at radius 2 is 2.05 bits per heavy atom. The summed E-state index contributed by atoms with van der Waals surface area (Å²) in [5.74, 6) is 0.487. The average Bonchev–Trinajstić information content (AvgIpc) is 2.49. The molecule has 1 aromatic carbocycles. The number of halogens is 1. The quantitative estimate of drug-likeness (QED) is 0.858. The Balaban J connectivity index is 1.89. The van der Waals surface area contributed by atoms with Crippen molar-refractivity contribution in [3.8, 4) is 0 Å². The van der Waals surface area contributed by atoms with Gasteiger partial charge >= 0.3 is 0 Å². The van der Waals surface area contributed by atoms with Crippen LogP contribution in [0.2, 0.25) is 0 Å². The molecular formula is C14H13FN4S. The molecular weight excluding hydrogens is 275 g/mol. The van der Waals surface area contributed by atoms with E-state index in [1.807, 2.05) is 17.0 Å². The Morgan fingerprint density at radius 3 is 2.80 bits per heavy atom. The van der Waals surface area contributed by atoms with E-state index in [2.05, 4.69) is 21.6 Å². The highest BCUT2D eigenvalue weighted by atomic mass is 32.2. The molecule has 6 heteroatoms. The van der Waals surface area contributed by atoms with E-state index in [0.29, 0.717) is 0 Å². The van der Waals surface area contributed by atoms with Gasteiger partial charge in [0.1, 0.15) is 5.82 Å². The van der Waals surface area contributed by atoms with Crippen molar-refractivity contribution in [2.45, 2.75) is 11.8 Å². The fourth-order valence-electron chi connectivity index (χ4n) is 2.01. The van der Waals surface area contributed by atoms with Crippen LogP contribution < -0.4 is 10.2 Å². The minimum absolute atomic E-state index is 0.252. The number of hydrogen-bond acceptors (Lipinski definition) is 5. The molecule has 1 aromatic heterocycles. The van der Waals surface area contributed by atoms with Gasteiger partial charge in [0.2, 0.25) is 5.96 Å². The second kappa shape index (κ2) is 5.50. The number of rotatable bonds is 2. The molecule has 0 bridgehead atoms. The first-order valence-electron chi connectivity index (χ1n) is 6.27. The predicted molar refractivity (Wildman–Crippen MR) is 80.6 cm³/mol. The van der Waals surface area contributed by atoms with Crippen LogP contribution in [-0.2, 0) is 0 Å². The van der Waals surface area contributed by atoms with Crippen LogP contribution in [0.5, 0.6) is 0 Å². The van der Waals surface area contributed by atoms with Gasteiger partial charge in [-0.2, -0.15) is 4.40 Å². The highest BCUT2D eigenvalue weighted by Gasteiger charge is 2.18. The van der Waals surface area contributed by atoms with Gasteiger partial charge in [0, 0.05) is 36.6 Å². The van der Waals surface area contributed by atoms with Crippen molar-refractivity contribution >= 4 is 29.3 Å². The van der Waals surface area contributed by atoms with E-state index in [1.165, 1.54) is 24.1 Å². The minimum Gasteiger partial charge on any atom is -0.324 e. The van der Waals surface area contributed by atoms with E-state index >= 15 is 0 Å². The van der Waals surface area contributed by atoms with Crippen LogP contribution in [0.4, 0.5) is 15.8 Å². The van der Waals surface area contributed by atoms with Gasteiger partial charge in [-0.05, 0) is 37.3 Å². The molecule has 0 amide bonds. The van der Waals surface area contributed by atoms with Crippen LogP contribution in [0.3, 0.4) is 0 Å². The van der Waals surface area contributed by atoms with Crippen molar-refractivity contribution in [1.82, 2.24) is 4.98 Å². The van der Waals surface area contributed by atoms with Crippen molar-refractivity contribution in [3.05, 3.63) is 48.5 Å². The summed E-state index contributed by atoms with van der Waals surface area (Å²) in [6, 6.07) is 8.51. The van der Waals surface area contributed by atoms with Gasteiger partial charge in [0.25, 0.3) is 0 Å². The number of nitrogens with zero attached hydrogens (tertiary/aromatic N) is 3. The van der Waals surface area contributed by atoms with E-state index < -0.39 is 0 Å². The van der Waals surface area contributed by atoms with Crippen LogP contribution >= 0.6 is 11.9 Å². The zero-order valence-electron chi connectivity index (χ0n) is 10.9. The lowest BCUT2D eigenvalue weighted by Gasteiger charge is -2.27. The van der Waals surface area contributed by atoms with Gasteiger partial charge in [0.15, 0.2) is 0 Å². The molecule has 0 radical (unpaired) electrons. The normalized spacial score (nSPS) is 13.2. The number of aromatic nitrogens is 1. The summed E-state index contributed by atoms with van der Waals surface area (Å²) in [6.07, 6.45) is 3.50. The number of hydrogen-bond donors (Lipinski definition) is 1. The molecule has 102 valence electrons. The van der Waals surface area contributed by atoms with Crippen LogP contribution in [0.25, 0.3) is 0 Å². The van der Waals surface area contributed by atoms with Gasteiger partial charge in [-0.3, -0.25) is 4.98 Å². The third-order valence-electron chi connectivity index (χ3n) is 2.97. The Labute approximate surface area is 120 Å². The maximum atomic E-state index is 13.2. The highest BCUT2D eigenvalue weighted by molar-refractivity contribution is 7.98. The topological polar surface area (TPSA) is 40.5 Å². The monoisotopic (exact) mass is 288 g/mol. The molecule has 1 N–H and O–H groups in total. The fourth-order valence-corrected chi connectivity index (χ4v) is 2.72. The Bertz CT molecular complexity index is 645. The molecule has 4 nitrogen and oxygen atoms in total. The third-order valence-corrected chi connectivity index (χ3v) is 3.77. The van der Waals surface area contributed by atoms with E-state index in [9.17, 15) is 4.39 Å². The van der Waals surface area contributed by atoms with Crippen molar-refractivity contribution in [2.75, 3.05) is 16.8 Å². The summed E-state index contributed by atoms with van der Waals surface area (Å²) >= 11 is 1.28. The summed E-state index contributed by atoms with van der Waals surface area (Å²) in [7, 11) is 0. The number of fused-ring (bicyclic) bond motifs is 1. The lowest BCUT2D eigenvalue weighted by atomic mass is 10.3. The molecule has 2 aromatic rings. The number of anilines is 2. The molecule has 0 aliphatic carbocycles. The zero-order valence-corrected chi connectivity index (χ0v) is 11.7. The number of guanidine groups is 1. The van der Waals surface area contributed by atoms with Gasteiger partial charge in [-0.1, -0.05) is 0 Å². The van der Waals surface area contributed by atoms with Gasteiger partial charge in [0.05, 0.1) is 10.6 Å². The largest absolute Gasteiger partial charge is 0.324 e. The molecule has 3 rings (SSSR count). The Kier molecular flexibility index (Phi) is 3.56. The van der Waals surface area contributed by atoms with Crippen molar-refractivity contribution in [2.24, 2.45) is 4.40 Å². The minimum atomic E-state index is -0.252. The summed E-state index contributed by atoms with van der Waals surface area (Å²) in [5, 5.41) is 3.24. The summed E-state index contributed by atoms with van der Waals surface area (Å²) in [5.41, 5.74) is 1.88. The Hall–Kier alpha value is -2.08. The first-order valence-corrected chi connectivity index (χ1v) is 7.04. The SMILES string of the molecule is CCN(C1=NSc2cc(F)ccc2N1)c1ccncc1. The first kappa shape index (κ1) is 12.9. The van der Waals surface area contributed by atoms with Crippen LogP contribution in [-0.4, -0.2) is 17.5 Å². The smallest absolute Gasteiger partial charge is 0.215 e. The summed E-state index contributed by atoms with van der Waals surface area (Å²) in [4.78, 5) is 6.85. The van der Waals surface area contributed by atoms with E-state index in [1.54, 1.807) is 18.5 Å². The predicted octanol–water partition coefficient (Wildman–Crippen LogP) is 3.54. The lowest BCUT2D eigenvalue weighted by molar-refractivity contribution is 0.624. The van der Waals surface area contributed by atoms with Crippen molar-refractivity contribution in [1.29, 1.82) is 0 Å². The molecule has 0 spiro atoms. The maximum absolute atomic E-state index is 13.2. The molecule has 0 saturated heterocycles. The van der Waals surface area contributed by atoms with Crippen molar-refractivity contribution < 1.29 is 4.39 Å². The highest BCUT2D eigenvalue weighted by Crippen LogP contribution is 2.33.